The van der Waals surface area contributed by atoms with Crippen molar-refractivity contribution in [2.75, 3.05) is 0 Å². The largest absolute Gasteiger partial charge is 0.395 e. The lowest BCUT2D eigenvalue weighted by Crippen LogP contribution is -2.30. The zero-order chi connectivity index (χ0) is 14.0. The lowest BCUT2D eigenvalue weighted by Gasteiger charge is -2.29. The maximum absolute atomic E-state index is 13.1. The molecule has 2 rings (SSSR count). The van der Waals surface area contributed by atoms with Crippen molar-refractivity contribution in [1.82, 2.24) is 0 Å². The van der Waals surface area contributed by atoms with Crippen molar-refractivity contribution < 1.29 is 18.0 Å². The van der Waals surface area contributed by atoms with Crippen LogP contribution in [0.3, 0.4) is 0 Å². The minimum absolute atomic E-state index is 0.00447. The number of allylic oxidation sites excluding steroid dienone is 1. The Bertz CT molecular complexity index is 505. The smallest absolute Gasteiger partial charge is 0.366 e. The van der Waals surface area contributed by atoms with Gasteiger partial charge in [0.05, 0.1) is 5.92 Å². The van der Waals surface area contributed by atoms with Gasteiger partial charge in [-0.3, -0.25) is 4.79 Å². The summed E-state index contributed by atoms with van der Waals surface area (Å²) in [5, 5.41) is 0. The summed E-state index contributed by atoms with van der Waals surface area (Å²) >= 11 is 0. The summed E-state index contributed by atoms with van der Waals surface area (Å²) in [5.74, 6) is -2.36. The van der Waals surface area contributed by atoms with Gasteiger partial charge < -0.3 is 5.73 Å². The van der Waals surface area contributed by atoms with E-state index < -0.39 is 18.0 Å². The number of amides is 1. The molecule has 102 valence electrons. The molecule has 0 radical (unpaired) electrons. The van der Waals surface area contributed by atoms with Crippen LogP contribution in [0.2, 0.25) is 0 Å². The second kappa shape index (κ2) is 5.07. The van der Waals surface area contributed by atoms with Gasteiger partial charge in [-0.2, -0.15) is 13.2 Å². The first-order chi connectivity index (χ1) is 8.91. The molecule has 0 aromatic heterocycles. The molecule has 0 aliphatic heterocycles. The average Bonchev–Trinajstić information content (AvgIpc) is 2.37. The average molecular weight is 269 g/mol. The molecule has 0 bridgehead atoms. The molecule has 2 N–H and O–H groups in total. The fraction of sp³-hybridized carbons (Fsp3) is 0.357. The lowest BCUT2D eigenvalue weighted by molar-refractivity contribution is -0.160. The van der Waals surface area contributed by atoms with Crippen LogP contribution in [0.25, 0.3) is 5.57 Å². The van der Waals surface area contributed by atoms with Gasteiger partial charge in [0.2, 0.25) is 5.91 Å². The van der Waals surface area contributed by atoms with Gasteiger partial charge in [-0.25, -0.2) is 0 Å². The van der Waals surface area contributed by atoms with Crippen LogP contribution in [-0.4, -0.2) is 12.1 Å². The predicted molar refractivity (Wildman–Crippen MR) is 66.0 cm³/mol. The number of nitrogens with two attached hydrogens (primary N) is 1. The Morgan fingerprint density at radius 1 is 1.21 bits per heavy atom. The van der Waals surface area contributed by atoms with E-state index in [1.807, 2.05) is 0 Å². The van der Waals surface area contributed by atoms with Crippen LogP contribution in [0.5, 0.6) is 0 Å². The Morgan fingerprint density at radius 2 is 1.84 bits per heavy atom. The van der Waals surface area contributed by atoms with Crippen molar-refractivity contribution in [3.8, 4) is 0 Å². The first-order valence-corrected chi connectivity index (χ1v) is 6.06. The van der Waals surface area contributed by atoms with Crippen LogP contribution in [-0.2, 0) is 4.79 Å². The monoisotopic (exact) mass is 269 g/mol. The summed E-state index contributed by atoms with van der Waals surface area (Å²) in [6, 6.07) is 8.20. The Labute approximate surface area is 109 Å². The quantitative estimate of drug-likeness (QED) is 0.879. The molecule has 5 heteroatoms. The summed E-state index contributed by atoms with van der Waals surface area (Å²) < 4.78 is 39.4. The van der Waals surface area contributed by atoms with E-state index in [4.69, 9.17) is 5.73 Å². The molecule has 0 saturated carbocycles. The third kappa shape index (κ3) is 2.80. The van der Waals surface area contributed by atoms with Gasteiger partial charge in [-0.15, -0.1) is 0 Å². The van der Waals surface area contributed by atoms with Gasteiger partial charge in [0.1, 0.15) is 0 Å². The van der Waals surface area contributed by atoms with E-state index in [1.54, 1.807) is 30.3 Å². The standard InChI is InChI=1S/C14H14F3NO/c15-14(16,17)11-8-4-7-10(13(18)19)12(11)9-5-2-1-3-6-9/h1-3,5-6,11H,4,7-8H2,(H2,18,19). The van der Waals surface area contributed by atoms with E-state index in [9.17, 15) is 18.0 Å². The fourth-order valence-corrected chi connectivity index (χ4v) is 2.55. The number of hydrogen-bond acceptors (Lipinski definition) is 1. The number of carbonyl (C=O) groups excluding carboxylic acids is 1. The summed E-state index contributed by atoms with van der Waals surface area (Å²) in [6.45, 7) is 0. The first-order valence-electron chi connectivity index (χ1n) is 6.06. The molecule has 1 aliphatic carbocycles. The van der Waals surface area contributed by atoms with Gasteiger partial charge >= 0.3 is 6.18 Å². The zero-order valence-electron chi connectivity index (χ0n) is 10.2. The molecule has 0 fully saturated rings. The highest BCUT2D eigenvalue weighted by Crippen LogP contribution is 2.45. The first kappa shape index (κ1) is 13.6. The number of alkyl halides is 3. The Morgan fingerprint density at radius 3 is 2.37 bits per heavy atom. The van der Waals surface area contributed by atoms with E-state index >= 15 is 0 Å². The molecular formula is C14H14F3NO. The van der Waals surface area contributed by atoms with Crippen LogP contribution in [0.4, 0.5) is 13.2 Å². The molecule has 1 aliphatic rings. The van der Waals surface area contributed by atoms with Crippen LogP contribution >= 0.6 is 0 Å². The number of hydrogen-bond donors (Lipinski definition) is 1. The molecule has 2 nitrogen and oxygen atoms in total. The van der Waals surface area contributed by atoms with Crippen molar-refractivity contribution >= 4 is 11.5 Å². The zero-order valence-corrected chi connectivity index (χ0v) is 10.2. The number of primary amides is 1. The van der Waals surface area contributed by atoms with E-state index in [1.165, 1.54) is 0 Å². The minimum Gasteiger partial charge on any atom is -0.366 e. The summed E-state index contributed by atoms with van der Waals surface area (Å²) in [7, 11) is 0. The van der Waals surface area contributed by atoms with Gasteiger partial charge in [0.25, 0.3) is 0 Å². The highest BCUT2D eigenvalue weighted by Gasteiger charge is 2.45. The minimum atomic E-state index is -4.35. The van der Waals surface area contributed by atoms with E-state index in [2.05, 4.69) is 0 Å². The maximum atomic E-state index is 13.1. The van der Waals surface area contributed by atoms with Crippen molar-refractivity contribution in [3.05, 3.63) is 41.5 Å². The highest BCUT2D eigenvalue weighted by atomic mass is 19.4. The molecule has 1 unspecified atom stereocenters. The summed E-state index contributed by atoms with van der Waals surface area (Å²) in [6.07, 6.45) is -3.71. The van der Waals surface area contributed by atoms with Crippen LogP contribution in [0.1, 0.15) is 24.8 Å². The number of carbonyl (C=O) groups is 1. The summed E-state index contributed by atoms with van der Waals surface area (Å²) in [4.78, 5) is 11.4. The molecule has 19 heavy (non-hydrogen) atoms. The van der Waals surface area contributed by atoms with E-state index in [-0.39, 0.29) is 17.6 Å². The molecule has 1 aromatic rings. The molecule has 1 atom stereocenters. The molecule has 1 aromatic carbocycles. The van der Waals surface area contributed by atoms with Gasteiger partial charge in [-0.1, -0.05) is 30.3 Å². The Balaban J connectivity index is 2.59. The third-order valence-corrected chi connectivity index (χ3v) is 3.37. The number of halogens is 3. The van der Waals surface area contributed by atoms with Crippen LogP contribution in [0, 0.1) is 5.92 Å². The lowest BCUT2D eigenvalue weighted by atomic mass is 9.78. The van der Waals surface area contributed by atoms with Crippen molar-refractivity contribution in [2.45, 2.75) is 25.4 Å². The molecule has 1 amide bonds. The van der Waals surface area contributed by atoms with Gasteiger partial charge in [0, 0.05) is 5.57 Å². The topological polar surface area (TPSA) is 43.1 Å². The maximum Gasteiger partial charge on any atom is 0.395 e. The van der Waals surface area contributed by atoms with E-state index in [0.29, 0.717) is 18.4 Å². The number of rotatable bonds is 2. The van der Waals surface area contributed by atoms with Crippen LogP contribution < -0.4 is 5.73 Å². The van der Waals surface area contributed by atoms with Gasteiger partial charge in [0.15, 0.2) is 0 Å². The van der Waals surface area contributed by atoms with Gasteiger partial charge in [-0.05, 0) is 30.4 Å². The highest BCUT2D eigenvalue weighted by molar-refractivity contribution is 6.01. The molecule has 0 spiro atoms. The SMILES string of the molecule is NC(=O)C1=C(c2ccccc2)C(C(F)(F)F)CCC1. The number of benzene rings is 1. The second-order valence-electron chi connectivity index (χ2n) is 4.61. The Hall–Kier alpha value is -1.78. The molecule has 0 saturated heterocycles. The Kier molecular flexibility index (Phi) is 3.64. The second-order valence-corrected chi connectivity index (χ2v) is 4.61. The predicted octanol–water partition coefficient (Wildman–Crippen LogP) is 3.29. The van der Waals surface area contributed by atoms with Crippen molar-refractivity contribution in [3.63, 3.8) is 0 Å². The third-order valence-electron chi connectivity index (χ3n) is 3.37. The fourth-order valence-electron chi connectivity index (χ4n) is 2.55. The van der Waals surface area contributed by atoms with Crippen LogP contribution in [0.15, 0.2) is 35.9 Å². The van der Waals surface area contributed by atoms with Crippen molar-refractivity contribution in [2.24, 2.45) is 11.7 Å². The summed E-state index contributed by atoms with van der Waals surface area (Å²) in [5.41, 5.74) is 5.82. The van der Waals surface area contributed by atoms with Crippen molar-refractivity contribution in [1.29, 1.82) is 0 Å². The molecule has 0 heterocycles. The molecular weight excluding hydrogens is 255 g/mol. The van der Waals surface area contributed by atoms with E-state index in [0.717, 1.165) is 0 Å². The normalized spacial score (nSPS) is 20.5.